The molecule has 0 aliphatic heterocycles. The lowest BCUT2D eigenvalue weighted by Gasteiger charge is -2.27. The van der Waals surface area contributed by atoms with Crippen molar-refractivity contribution >= 4 is 42.2 Å². The van der Waals surface area contributed by atoms with Crippen molar-refractivity contribution in [1.82, 2.24) is 25.9 Å². The summed E-state index contributed by atoms with van der Waals surface area (Å²) in [6.45, 7) is 3.51. The molecule has 0 radical (unpaired) electrons. The van der Waals surface area contributed by atoms with Crippen LogP contribution in [0.5, 0.6) is 0 Å². The molecule has 0 aromatic carbocycles. The minimum absolute atomic E-state index is 0.0440. The van der Waals surface area contributed by atoms with Gasteiger partial charge < -0.3 is 37.5 Å². The fourth-order valence-electron chi connectivity index (χ4n) is 2.82. The van der Waals surface area contributed by atoms with Crippen LogP contribution in [-0.2, 0) is 30.4 Å². The standard InChI is InChI=1S/C19H31N7O6S/c1-3-9(2)15(26-16(28)11(20)5-14(21)27)18(30)25-13(7-33)17(29)24-12(19(31)32)4-10-6-22-8-23-10/h6,8-9,11-13,15,33H,3-5,7,20H2,1-2H3,(H2,21,27)(H,22,23)(H,24,29)(H,25,30)(H,26,28)(H,31,32). The zero-order chi connectivity index (χ0) is 25.1. The van der Waals surface area contributed by atoms with Gasteiger partial charge in [-0.25, -0.2) is 9.78 Å². The van der Waals surface area contributed by atoms with Crippen LogP contribution >= 0.6 is 12.6 Å². The van der Waals surface area contributed by atoms with E-state index in [-0.39, 0.29) is 18.1 Å². The molecule has 1 aromatic heterocycles. The normalized spacial score (nSPS) is 15.4. The maximum absolute atomic E-state index is 12.9. The van der Waals surface area contributed by atoms with Gasteiger partial charge in [0.2, 0.25) is 23.6 Å². The summed E-state index contributed by atoms with van der Waals surface area (Å²) >= 11 is 4.08. The van der Waals surface area contributed by atoms with E-state index in [9.17, 15) is 29.1 Å². The SMILES string of the molecule is CCC(C)C(NC(=O)C(N)CC(N)=O)C(=O)NC(CS)C(=O)NC(Cc1cnc[nH]1)C(=O)O. The first-order chi connectivity index (χ1) is 15.5. The third-order valence-corrected chi connectivity index (χ3v) is 5.33. The van der Waals surface area contributed by atoms with Crippen LogP contribution in [0.25, 0.3) is 0 Å². The van der Waals surface area contributed by atoms with Crippen molar-refractivity contribution in [2.24, 2.45) is 17.4 Å². The average molecular weight is 486 g/mol. The maximum Gasteiger partial charge on any atom is 0.326 e. The minimum atomic E-state index is -1.27. The van der Waals surface area contributed by atoms with E-state index in [0.29, 0.717) is 12.1 Å². The van der Waals surface area contributed by atoms with Crippen molar-refractivity contribution in [1.29, 1.82) is 0 Å². The van der Waals surface area contributed by atoms with Gasteiger partial charge in [-0.3, -0.25) is 19.2 Å². The van der Waals surface area contributed by atoms with E-state index >= 15 is 0 Å². The predicted octanol–water partition coefficient (Wildman–Crippen LogP) is -2.33. The van der Waals surface area contributed by atoms with Crippen LogP contribution in [0.15, 0.2) is 12.5 Å². The van der Waals surface area contributed by atoms with Gasteiger partial charge in [0.05, 0.1) is 18.8 Å². The van der Waals surface area contributed by atoms with Crippen LogP contribution in [0.3, 0.4) is 0 Å². The number of amides is 4. The lowest BCUT2D eigenvalue weighted by atomic mass is 9.97. The molecule has 5 atom stereocenters. The highest BCUT2D eigenvalue weighted by Crippen LogP contribution is 2.09. The fraction of sp³-hybridized carbons (Fsp3) is 0.579. The number of nitrogens with two attached hydrogens (primary N) is 2. The smallest absolute Gasteiger partial charge is 0.326 e. The van der Waals surface area contributed by atoms with Gasteiger partial charge in [-0.1, -0.05) is 20.3 Å². The van der Waals surface area contributed by atoms with Crippen molar-refractivity contribution in [2.75, 3.05) is 5.75 Å². The van der Waals surface area contributed by atoms with E-state index in [2.05, 4.69) is 38.5 Å². The van der Waals surface area contributed by atoms with E-state index in [1.807, 2.05) is 0 Å². The number of carbonyl (C=O) groups excluding carboxylic acids is 4. The van der Waals surface area contributed by atoms with Crippen LogP contribution in [-0.4, -0.2) is 74.6 Å². The van der Waals surface area contributed by atoms with E-state index in [0.717, 1.165) is 0 Å². The Kier molecular flexibility index (Phi) is 11.4. The zero-order valence-electron chi connectivity index (χ0n) is 18.4. The monoisotopic (exact) mass is 485 g/mol. The Hall–Kier alpha value is -3.13. The number of thiol groups is 1. The lowest BCUT2D eigenvalue weighted by molar-refractivity contribution is -0.142. The Labute approximate surface area is 196 Å². The van der Waals surface area contributed by atoms with Gasteiger partial charge in [-0.2, -0.15) is 12.6 Å². The number of carboxylic acids is 1. The molecule has 1 aromatic rings. The molecule has 14 heteroatoms. The van der Waals surface area contributed by atoms with Crippen LogP contribution < -0.4 is 27.4 Å². The number of imidazole rings is 1. The van der Waals surface area contributed by atoms with Crippen molar-refractivity contribution in [3.63, 3.8) is 0 Å². The second-order valence-corrected chi connectivity index (χ2v) is 7.94. The van der Waals surface area contributed by atoms with E-state index in [4.69, 9.17) is 11.5 Å². The largest absolute Gasteiger partial charge is 0.480 e. The molecule has 0 saturated heterocycles. The number of primary amides is 1. The summed E-state index contributed by atoms with van der Waals surface area (Å²) in [5.41, 5.74) is 11.2. The second kappa shape index (κ2) is 13.4. The maximum atomic E-state index is 12.9. The molecule has 0 fully saturated rings. The number of nitrogens with zero attached hydrogens (tertiary/aromatic N) is 1. The number of hydrogen-bond donors (Lipinski definition) is 8. The Morgan fingerprint density at radius 2 is 1.76 bits per heavy atom. The summed E-state index contributed by atoms with van der Waals surface area (Å²) in [7, 11) is 0. The molecule has 33 heavy (non-hydrogen) atoms. The summed E-state index contributed by atoms with van der Waals surface area (Å²) in [5.74, 6) is -4.69. The van der Waals surface area contributed by atoms with Crippen molar-refractivity contribution < 1.29 is 29.1 Å². The summed E-state index contributed by atoms with van der Waals surface area (Å²) in [4.78, 5) is 66.9. The van der Waals surface area contributed by atoms with Crippen LogP contribution in [0.4, 0.5) is 0 Å². The molecule has 5 unspecified atom stereocenters. The molecule has 4 amide bonds. The number of carbonyl (C=O) groups is 5. The Balaban J connectivity index is 2.87. The summed E-state index contributed by atoms with van der Waals surface area (Å²) in [6.07, 6.45) is 2.88. The summed E-state index contributed by atoms with van der Waals surface area (Å²) in [6, 6.07) is -4.73. The Bertz CT molecular complexity index is 835. The molecule has 13 nitrogen and oxygen atoms in total. The summed E-state index contributed by atoms with van der Waals surface area (Å²) < 4.78 is 0. The Morgan fingerprint density at radius 3 is 2.24 bits per heavy atom. The molecular formula is C19H31N7O6S. The number of rotatable bonds is 14. The minimum Gasteiger partial charge on any atom is -0.480 e. The van der Waals surface area contributed by atoms with Gasteiger partial charge >= 0.3 is 5.97 Å². The van der Waals surface area contributed by atoms with Gasteiger partial charge in [-0.15, -0.1) is 0 Å². The highest BCUT2D eigenvalue weighted by molar-refractivity contribution is 7.80. The van der Waals surface area contributed by atoms with Gasteiger partial charge in [0.1, 0.15) is 18.1 Å². The number of carboxylic acid groups (broad SMARTS) is 1. The molecule has 1 rings (SSSR count). The van der Waals surface area contributed by atoms with Gasteiger partial charge in [0.25, 0.3) is 0 Å². The number of hydrogen-bond acceptors (Lipinski definition) is 8. The van der Waals surface area contributed by atoms with Crippen LogP contribution in [0.1, 0.15) is 32.4 Å². The molecule has 1 heterocycles. The first-order valence-electron chi connectivity index (χ1n) is 10.3. The molecule has 0 bridgehead atoms. The van der Waals surface area contributed by atoms with Crippen LogP contribution in [0.2, 0.25) is 0 Å². The van der Waals surface area contributed by atoms with Crippen molar-refractivity contribution in [3.8, 4) is 0 Å². The van der Waals surface area contributed by atoms with E-state index in [1.165, 1.54) is 12.5 Å². The highest BCUT2D eigenvalue weighted by Gasteiger charge is 2.32. The van der Waals surface area contributed by atoms with Crippen molar-refractivity contribution in [2.45, 2.75) is 57.3 Å². The van der Waals surface area contributed by atoms with Gasteiger partial charge in [-0.05, 0) is 5.92 Å². The number of aromatic nitrogens is 2. The topological polar surface area (TPSA) is 222 Å². The Morgan fingerprint density at radius 1 is 1.12 bits per heavy atom. The molecule has 0 aliphatic rings. The molecule has 9 N–H and O–H groups in total. The number of aliphatic carboxylic acids is 1. The molecule has 0 aliphatic carbocycles. The fourth-order valence-corrected chi connectivity index (χ4v) is 3.07. The number of H-pyrrole nitrogens is 1. The van der Waals surface area contributed by atoms with Gasteiger partial charge in [0.15, 0.2) is 0 Å². The van der Waals surface area contributed by atoms with E-state index in [1.54, 1.807) is 13.8 Å². The first kappa shape index (κ1) is 27.9. The third-order valence-electron chi connectivity index (χ3n) is 4.96. The average Bonchev–Trinajstić information content (AvgIpc) is 3.26. The third kappa shape index (κ3) is 9.10. The molecule has 0 saturated carbocycles. The lowest BCUT2D eigenvalue weighted by Crippen LogP contribution is -2.59. The number of nitrogens with one attached hydrogen (secondary N) is 4. The quantitative estimate of drug-likeness (QED) is 0.133. The highest BCUT2D eigenvalue weighted by atomic mass is 32.1. The summed E-state index contributed by atoms with van der Waals surface area (Å²) in [5, 5.41) is 16.7. The number of aromatic amines is 1. The van der Waals surface area contributed by atoms with Crippen molar-refractivity contribution in [3.05, 3.63) is 18.2 Å². The second-order valence-electron chi connectivity index (χ2n) is 7.57. The zero-order valence-corrected chi connectivity index (χ0v) is 19.3. The molecule has 184 valence electrons. The van der Waals surface area contributed by atoms with Gasteiger partial charge in [0, 0.05) is 24.1 Å². The predicted molar refractivity (Wildman–Crippen MR) is 121 cm³/mol. The van der Waals surface area contributed by atoms with Crippen LogP contribution in [0, 0.1) is 5.92 Å². The first-order valence-corrected chi connectivity index (χ1v) is 10.9. The van der Waals surface area contributed by atoms with E-state index < -0.39 is 60.2 Å². The molecular weight excluding hydrogens is 454 g/mol. The molecule has 0 spiro atoms.